The van der Waals surface area contributed by atoms with E-state index in [1.54, 1.807) is 29.7 Å². The van der Waals surface area contributed by atoms with Crippen molar-refractivity contribution >= 4 is 23.7 Å². The highest BCUT2D eigenvalue weighted by Crippen LogP contribution is 2.30. The topological polar surface area (TPSA) is 112 Å². The summed E-state index contributed by atoms with van der Waals surface area (Å²) < 4.78 is 39.8. The van der Waals surface area contributed by atoms with Gasteiger partial charge in [-0.05, 0) is 19.1 Å². The van der Waals surface area contributed by atoms with Crippen LogP contribution >= 0.6 is 0 Å². The maximum Gasteiger partial charge on any atom is 0.261 e. The van der Waals surface area contributed by atoms with Crippen LogP contribution < -0.4 is 16.0 Å². The van der Waals surface area contributed by atoms with Crippen molar-refractivity contribution in [3.8, 4) is 0 Å². The molecule has 0 saturated heterocycles. The molecule has 1 aliphatic rings. The lowest BCUT2D eigenvalue weighted by molar-refractivity contribution is -0.117. The van der Waals surface area contributed by atoms with Gasteiger partial charge in [0.05, 0.1) is 25.3 Å². The van der Waals surface area contributed by atoms with Crippen LogP contribution in [0.15, 0.2) is 36.8 Å². The lowest BCUT2D eigenvalue weighted by Crippen LogP contribution is -2.43. The van der Waals surface area contributed by atoms with Crippen LogP contribution in [-0.4, -0.2) is 67.2 Å². The summed E-state index contributed by atoms with van der Waals surface area (Å²) >= 11 is 0. The Bertz CT molecular complexity index is 838. The summed E-state index contributed by atoms with van der Waals surface area (Å²) in [7, 11) is 0. The molecule has 9 nitrogen and oxygen atoms in total. The number of aromatic nitrogens is 2. The Kier molecular flexibility index (Phi) is 9.35. The number of nitrogens with two attached hydrogens (primary N) is 1. The van der Waals surface area contributed by atoms with Crippen molar-refractivity contribution in [3.05, 3.63) is 42.6 Å². The number of hydrogen-bond acceptors (Lipinski definition) is 6. The third-order valence-corrected chi connectivity index (χ3v) is 4.39. The summed E-state index contributed by atoms with van der Waals surface area (Å²) in [5.74, 6) is 0.505. The average Bonchev–Trinajstić information content (AvgIpc) is 3.07. The molecular formula is C20H27F2N5O4. The molecule has 1 atom stereocenters. The summed E-state index contributed by atoms with van der Waals surface area (Å²) in [6, 6.07) is -1.47. The second-order valence-electron chi connectivity index (χ2n) is 6.52. The molecular weight excluding hydrogens is 412 g/mol. The number of halogens is 2. The number of amides is 2. The van der Waals surface area contributed by atoms with Gasteiger partial charge >= 0.3 is 0 Å². The summed E-state index contributed by atoms with van der Waals surface area (Å²) in [6.45, 7) is 6.31. The van der Waals surface area contributed by atoms with Crippen LogP contribution in [0.1, 0.15) is 12.7 Å². The van der Waals surface area contributed by atoms with Crippen LogP contribution in [0.4, 0.5) is 14.6 Å². The van der Waals surface area contributed by atoms with Crippen LogP contribution in [0.25, 0.3) is 5.57 Å². The molecule has 0 aliphatic carbocycles. The second-order valence-corrected chi connectivity index (χ2v) is 6.52. The predicted molar refractivity (Wildman–Crippen MR) is 111 cm³/mol. The molecule has 2 heterocycles. The van der Waals surface area contributed by atoms with E-state index in [-0.39, 0.29) is 32.2 Å². The molecule has 11 heteroatoms. The molecule has 1 aromatic rings. The van der Waals surface area contributed by atoms with Crippen LogP contribution in [0, 0.1) is 0 Å². The zero-order chi connectivity index (χ0) is 22.8. The van der Waals surface area contributed by atoms with Crippen molar-refractivity contribution in [2.45, 2.75) is 25.9 Å². The Morgan fingerprint density at radius 2 is 2.32 bits per heavy atom. The minimum absolute atomic E-state index is 0.00615. The molecule has 170 valence electrons. The summed E-state index contributed by atoms with van der Waals surface area (Å²) in [4.78, 5) is 27.9. The molecule has 0 spiro atoms. The van der Waals surface area contributed by atoms with Crippen molar-refractivity contribution < 1.29 is 27.8 Å². The molecule has 3 N–H and O–H groups in total. The molecule has 0 saturated carbocycles. The minimum atomic E-state index is -2.81. The maximum absolute atomic E-state index is 13.6. The largest absolute Gasteiger partial charge is 0.491 e. The smallest absolute Gasteiger partial charge is 0.261 e. The zero-order valence-corrected chi connectivity index (χ0v) is 17.3. The number of allylic oxidation sites excluding steroid dienone is 3. The number of alkyl halides is 2. The lowest BCUT2D eigenvalue weighted by atomic mass is 10.1. The number of imidazole rings is 1. The van der Waals surface area contributed by atoms with E-state index >= 15 is 0 Å². The van der Waals surface area contributed by atoms with Gasteiger partial charge in [-0.3, -0.25) is 14.5 Å². The normalized spacial score (nSPS) is 17.2. The molecule has 1 aliphatic heterocycles. The van der Waals surface area contributed by atoms with Crippen LogP contribution in [0.2, 0.25) is 0 Å². The number of hydrogen-bond donors (Lipinski definition) is 2. The molecule has 1 unspecified atom stereocenters. The standard InChI is InChI=1S/C20H27F2N5O4/c1-3-5-14-16(6-7-24-10-17(23)29)31-9-8-26-11-18(25-20(14)26)27(13-28)15(19(21)22)12-30-4-2/h3,5-6,11,13,15,19,24H,1,4,7-10,12H2,2H3,(H2,23,29)/b14-5?,16-6+. The quantitative estimate of drug-likeness (QED) is 0.372. The highest BCUT2D eigenvalue weighted by atomic mass is 19.3. The molecule has 2 rings (SSSR count). The SMILES string of the molecule is C=CC=C1/C(=C\CNCC(N)=O)OCCn2cc(N(C=O)C(COCC)C(F)F)nc21. The molecule has 31 heavy (non-hydrogen) atoms. The third-order valence-electron chi connectivity index (χ3n) is 4.39. The Hall–Kier alpha value is -3.05. The number of primary amides is 1. The van der Waals surface area contributed by atoms with Gasteiger partial charge in [0.2, 0.25) is 12.3 Å². The van der Waals surface area contributed by atoms with Gasteiger partial charge in [-0.2, -0.15) is 0 Å². The van der Waals surface area contributed by atoms with Gasteiger partial charge in [0.15, 0.2) is 5.82 Å². The number of fused-ring (bicyclic) bond motifs is 1. The van der Waals surface area contributed by atoms with Crippen molar-refractivity contribution in [3.63, 3.8) is 0 Å². The molecule has 0 fully saturated rings. The van der Waals surface area contributed by atoms with Gasteiger partial charge in [-0.25, -0.2) is 13.8 Å². The van der Waals surface area contributed by atoms with E-state index in [2.05, 4.69) is 16.9 Å². The van der Waals surface area contributed by atoms with Gasteiger partial charge < -0.3 is 25.1 Å². The van der Waals surface area contributed by atoms with E-state index in [0.29, 0.717) is 36.7 Å². The first kappa shape index (κ1) is 24.2. The maximum atomic E-state index is 13.6. The van der Waals surface area contributed by atoms with Gasteiger partial charge in [0.25, 0.3) is 6.43 Å². The first-order valence-corrected chi connectivity index (χ1v) is 9.75. The van der Waals surface area contributed by atoms with Crippen molar-refractivity contribution in [2.75, 3.05) is 37.8 Å². The van der Waals surface area contributed by atoms with E-state index in [9.17, 15) is 18.4 Å². The van der Waals surface area contributed by atoms with E-state index in [4.69, 9.17) is 15.2 Å². The van der Waals surface area contributed by atoms with Gasteiger partial charge in [-0.15, -0.1) is 0 Å². The Morgan fingerprint density at radius 3 is 2.94 bits per heavy atom. The number of carbonyl (C=O) groups is 2. The van der Waals surface area contributed by atoms with Gasteiger partial charge in [-0.1, -0.05) is 12.7 Å². The number of anilines is 1. The molecule has 0 radical (unpaired) electrons. The average molecular weight is 439 g/mol. The molecule has 1 aromatic heterocycles. The summed E-state index contributed by atoms with van der Waals surface area (Å²) in [5.41, 5.74) is 5.67. The lowest BCUT2D eigenvalue weighted by Gasteiger charge is -2.25. The van der Waals surface area contributed by atoms with Crippen LogP contribution in [0.5, 0.6) is 0 Å². The van der Waals surface area contributed by atoms with Crippen molar-refractivity contribution in [2.24, 2.45) is 5.73 Å². The number of ether oxygens (including phenoxy) is 2. The highest BCUT2D eigenvalue weighted by Gasteiger charge is 2.31. The van der Waals surface area contributed by atoms with Crippen molar-refractivity contribution in [1.82, 2.24) is 14.9 Å². The highest BCUT2D eigenvalue weighted by molar-refractivity contribution is 5.79. The van der Waals surface area contributed by atoms with Crippen LogP contribution in [-0.2, 0) is 25.6 Å². The fourth-order valence-corrected chi connectivity index (χ4v) is 2.97. The van der Waals surface area contributed by atoms with E-state index in [1.807, 2.05) is 0 Å². The Morgan fingerprint density at radius 1 is 1.55 bits per heavy atom. The third kappa shape index (κ3) is 6.46. The first-order valence-electron chi connectivity index (χ1n) is 9.75. The fraction of sp³-hybridized carbons (Fsp3) is 0.450. The Balaban J connectivity index is 2.37. The van der Waals surface area contributed by atoms with E-state index in [1.165, 1.54) is 6.20 Å². The first-order chi connectivity index (χ1) is 14.9. The number of rotatable bonds is 12. The number of nitrogens with one attached hydrogen (secondary N) is 1. The fourth-order valence-electron chi connectivity index (χ4n) is 2.97. The molecule has 0 bridgehead atoms. The predicted octanol–water partition coefficient (Wildman–Crippen LogP) is 1.07. The number of nitrogens with zero attached hydrogens (tertiary/aromatic N) is 3. The Labute approximate surface area is 179 Å². The minimum Gasteiger partial charge on any atom is -0.491 e. The molecule has 2 amide bonds. The van der Waals surface area contributed by atoms with Gasteiger partial charge in [0, 0.05) is 19.3 Å². The van der Waals surface area contributed by atoms with Crippen LogP contribution in [0.3, 0.4) is 0 Å². The summed E-state index contributed by atoms with van der Waals surface area (Å²) in [6.07, 6.45) is 3.98. The van der Waals surface area contributed by atoms with E-state index < -0.39 is 18.4 Å². The number of carbonyl (C=O) groups excluding carboxylic acids is 2. The zero-order valence-electron chi connectivity index (χ0n) is 17.3. The van der Waals surface area contributed by atoms with Crippen molar-refractivity contribution in [1.29, 1.82) is 0 Å². The summed E-state index contributed by atoms with van der Waals surface area (Å²) in [5, 5.41) is 2.86. The van der Waals surface area contributed by atoms with E-state index in [0.717, 1.165) is 4.90 Å². The van der Waals surface area contributed by atoms with Gasteiger partial charge in [0.1, 0.15) is 24.2 Å². The molecule has 0 aromatic carbocycles. The second kappa shape index (κ2) is 12.0. The monoisotopic (exact) mass is 439 g/mol.